The molecule has 2 heterocycles. The lowest BCUT2D eigenvalue weighted by molar-refractivity contribution is 0.592. The molecule has 0 spiro atoms. The Morgan fingerprint density at radius 3 is 2.47 bits per heavy atom. The first-order valence-corrected chi connectivity index (χ1v) is 11.7. The fourth-order valence-electron chi connectivity index (χ4n) is 3.84. The fraction of sp³-hybridized carbons (Fsp3) is 0.125. The third-order valence-electron chi connectivity index (χ3n) is 5.40. The summed E-state index contributed by atoms with van der Waals surface area (Å²) in [6.07, 6.45) is 0. The molecule has 0 aliphatic rings. The topological polar surface area (TPSA) is 89.2 Å². The van der Waals surface area contributed by atoms with E-state index in [0.717, 1.165) is 22.0 Å². The molecule has 0 amide bonds. The zero-order valence-electron chi connectivity index (χ0n) is 17.6. The van der Waals surface area contributed by atoms with Crippen LogP contribution >= 0.6 is 0 Å². The highest BCUT2D eigenvalue weighted by Gasteiger charge is 2.28. The normalized spacial score (nSPS) is 11.8. The highest BCUT2D eigenvalue weighted by atomic mass is 32.2. The van der Waals surface area contributed by atoms with E-state index in [0.29, 0.717) is 17.9 Å². The maximum atomic E-state index is 13.5. The maximum absolute atomic E-state index is 13.5. The highest BCUT2D eigenvalue weighted by molar-refractivity contribution is 7.91. The van der Waals surface area contributed by atoms with Crippen LogP contribution in [0.4, 0.5) is 5.82 Å². The van der Waals surface area contributed by atoms with Crippen LogP contribution in [0.1, 0.15) is 16.7 Å². The predicted octanol–water partition coefficient (Wildman–Crippen LogP) is 4.34. The number of benzene rings is 3. The second-order valence-corrected chi connectivity index (χ2v) is 9.55. The van der Waals surface area contributed by atoms with Gasteiger partial charge in [0.05, 0.1) is 10.4 Å². The Labute approximate surface area is 185 Å². The number of rotatable bonds is 5. The van der Waals surface area contributed by atoms with Gasteiger partial charge < -0.3 is 5.32 Å². The van der Waals surface area contributed by atoms with E-state index in [9.17, 15) is 8.42 Å². The number of fused-ring (bicyclic) bond motifs is 3. The van der Waals surface area contributed by atoms with Crippen LogP contribution in [0.25, 0.3) is 16.6 Å². The quantitative estimate of drug-likeness (QED) is 0.435. The van der Waals surface area contributed by atoms with E-state index in [2.05, 4.69) is 20.6 Å². The third kappa shape index (κ3) is 3.38. The number of aromatic nitrogens is 4. The van der Waals surface area contributed by atoms with Gasteiger partial charge in [0.25, 0.3) is 0 Å². The Morgan fingerprint density at radius 1 is 0.938 bits per heavy atom. The van der Waals surface area contributed by atoms with Gasteiger partial charge in [-0.3, -0.25) is 0 Å². The number of nitrogens with zero attached hydrogens (tertiary/aromatic N) is 4. The van der Waals surface area contributed by atoms with Crippen molar-refractivity contribution in [1.29, 1.82) is 0 Å². The number of anilines is 1. The van der Waals surface area contributed by atoms with Gasteiger partial charge in [0.1, 0.15) is 5.82 Å². The first kappa shape index (κ1) is 20.1. The van der Waals surface area contributed by atoms with Crippen LogP contribution in [-0.2, 0) is 16.4 Å². The van der Waals surface area contributed by atoms with E-state index in [4.69, 9.17) is 0 Å². The van der Waals surface area contributed by atoms with Gasteiger partial charge in [-0.25, -0.2) is 13.4 Å². The van der Waals surface area contributed by atoms with Crippen LogP contribution in [0.15, 0.2) is 82.7 Å². The lowest BCUT2D eigenvalue weighted by Gasteiger charge is -2.11. The number of aryl methyl sites for hydroxylation is 2. The minimum atomic E-state index is -3.91. The van der Waals surface area contributed by atoms with Gasteiger partial charge in [0.15, 0.2) is 5.65 Å². The van der Waals surface area contributed by atoms with Crippen LogP contribution in [0.2, 0.25) is 0 Å². The largest absolute Gasteiger partial charge is 0.365 e. The van der Waals surface area contributed by atoms with Crippen molar-refractivity contribution in [2.45, 2.75) is 30.3 Å². The molecule has 5 rings (SSSR count). The summed E-state index contributed by atoms with van der Waals surface area (Å²) in [6.45, 7) is 4.26. The first-order valence-electron chi connectivity index (χ1n) is 10.2. The molecular weight excluding hydrogens is 422 g/mol. The Morgan fingerprint density at radius 2 is 1.69 bits per heavy atom. The molecule has 7 nitrogen and oxygen atoms in total. The summed E-state index contributed by atoms with van der Waals surface area (Å²) in [6, 6.07) is 22.8. The lowest BCUT2D eigenvalue weighted by atomic mass is 10.2. The monoisotopic (exact) mass is 443 g/mol. The van der Waals surface area contributed by atoms with Crippen molar-refractivity contribution in [3.8, 4) is 0 Å². The Balaban J connectivity index is 1.68. The standard InChI is InChI=1S/C24H21N5O2S/c1-16-12-13-21(17(2)14-16)32(30,31)24-23-26-22(25-15-18-8-4-3-5-9-18)19-10-6-7-11-20(19)29(23)28-27-24/h3-14H,15H2,1-2H3,(H,25,26). The average molecular weight is 444 g/mol. The molecule has 8 heteroatoms. The summed E-state index contributed by atoms with van der Waals surface area (Å²) < 4.78 is 28.5. The first-order chi connectivity index (χ1) is 15.4. The van der Waals surface area contributed by atoms with Crippen molar-refractivity contribution >= 4 is 32.2 Å². The third-order valence-corrected chi connectivity index (χ3v) is 7.21. The summed E-state index contributed by atoms with van der Waals surface area (Å²) in [4.78, 5) is 4.87. The zero-order chi connectivity index (χ0) is 22.3. The molecule has 1 N–H and O–H groups in total. The summed E-state index contributed by atoms with van der Waals surface area (Å²) >= 11 is 0. The lowest BCUT2D eigenvalue weighted by Crippen LogP contribution is -2.08. The minimum absolute atomic E-state index is 0.155. The van der Waals surface area contributed by atoms with Gasteiger partial charge in [-0.15, -0.1) is 5.10 Å². The van der Waals surface area contributed by atoms with Gasteiger partial charge in [0, 0.05) is 11.9 Å². The van der Waals surface area contributed by atoms with E-state index < -0.39 is 9.84 Å². The van der Waals surface area contributed by atoms with E-state index in [1.807, 2.05) is 67.6 Å². The predicted molar refractivity (Wildman–Crippen MR) is 123 cm³/mol. The maximum Gasteiger partial charge on any atom is 0.229 e. The molecule has 0 bridgehead atoms. The number of hydrogen-bond donors (Lipinski definition) is 1. The Hall–Kier alpha value is -3.78. The molecule has 0 aliphatic heterocycles. The number of para-hydroxylation sites is 1. The molecule has 0 saturated heterocycles. The van der Waals surface area contributed by atoms with Crippen LogP contribution in [0.5, 0.6) is 0 Å². The second-order valence-electron chi connectivity index (χ2n) is 7.72. The highest BCUT2D eigenvalue weighted by Crippen LogP contribution is 2.29. The van der Waals surface area contributed by atoms with Crippen molar-refractivity contribution in [2.24, 2.45) is 0 Å². The van der Waals surface area contributed by atoms with E-state index >= 15 is 0 Å². The van der Waals surface area contributed by atoms with E-state index in [1.54, 1.807) is 19.1 Å². The molecule has 0 atom stereocenters. The molecular formula is C24H21N5O2S. The molecule has 160 valence electrons. The molecule has 0 unspecified atom stereocenters. The van der Waals surface area contributed by atoms with Gasteiger partial charge >= 0.3 is 0 Å². The number of hydrogen-bond acceptors (Lipinski definition) is 6. The van der Waals surface area contributed by atoms with Gasteiger partial charge in [-0.1, -0.05) is 65.4 Å². The average Bonchev–Trinajstić information content (AvgIpc) is 3.23. The summed E-state index contributed by atoms with van der Waals surface area (Å²) in [7, 11) is -3.91. The molecule has 0 radical (unpaired) electrons. The molecule has 0 saturated carbocycles. The van der Waals surface area contributed by atoms with Crippen LogP contribution in [0.3, 0.4) is 0 Å². The van der Waals surface area contributed by atoms with Crippen molar-refractivity contribution in [2.75, 3.05) is 5.32 Å². The minimum Gasteiger partial charge on any atom is -0.365 e. The second kappa shape index (κ2) is 7.72. The van der Waals surface area contributed by atoms with Gasteiger partial charge in [-0.05, 0) is 43.2 Å². The molecule has 0 aliphatic carbocycles. The van der Waals surface area contributed by atoms with E-state index in [1.165, 1.54) is 4.52 Å². The Bertz CT molecular complexity index is 1560. The smallest absolute Gasteiger partial charge is 0.229 e. The summed E-state index contributed by atoms with van der Waals surface area (Å²) in [5.41, 5.74) is 3.66. The van der Waals surface area contributed by atoms with Gasteiger partial charge in [-0.2, -0.15) is 4.52 Å². The van der Waals surface area contributed by atoms with Crippen LogP contribution in [0, 0.1) is 13.8 Å². The van der Waals surface area contributed by atoms with Crippen molar-refractivity contribution in [3.05, 3.63) is 89.5 Å². The summed E-state index contributed by atoms with van der Waals surface area (Å²) in [5, 5.41) is 12.2. The fourth-order valence-corrected chi connectivity index (χ4v) is 5.30. The van der Waals surface area contributed by atoms with Crippen molar-refractivity contribution in [1.82, 2.24) is 19.8 Å². The summed E-state index contributed by atoms with van der Waals surface area (Å²) in [5.74, 6) is 0.580. The van der Waals surface area contributed by atoms with Crippen LogP contribution in [-0.4, -0.2) is 28.2 Å². The van der Waals surface area contributed by atoms with Crippen LogP contribution < -0.4 is 5.32 Å². The van der Waals surface area contributed by atoms with E-state index in [-0.39, 0.29) is 15.6 Å². The molecule has 0 fully saturated rings. The Kier molecular flexibility index (Phi) is 4.86. The molecule has 32 heavy (non-hydrogen) atoms. The zero-order valence-corrected chi connectivity index (χ0v) is 18.5. The van der Waals surface area contributed by atoms with Crippen molar-refractivity contribution in [3.63, 3.8) is 0 Å². The molecule has 3 aromatic carbocycles. The molecule has 5 aromatic rings. The SMILES string of the molecule is Cc1ccc(S(=O)(=O)c2nnn3c2nc(NCc2ccccc2)c2ccccc23)c(C)c1. The van der Waals surface area contributed by atoms with Crippen molar-refractivity contribution < 1.29 is 8.42 Å². The number of sulfone groups is 1. The van der Waals surface area contributed by atoms with Gasteiger partial charge in [0.2, 0.25) is 14.9 Å². The molecule has 2 aromatic heterocycles. The number of nitrogens with one attached hydrogen (secondary N) is 1.